The molecule has 0 spiro atoms. The Balaban J connectivity index is 1.85. The Morgan fingerprint density at radius 2 is 1.44 bits per heavy atom. The molecule has 2 heteroatoms. The average molecular weight is 349 g/mol. The molecule has 27 heavy (non-hydrogen) atoms. The highest BCUT2D eigenvalue weighted by molar-refractivity contribution is 6.25. The lowest BCUT2D eigenvalue weighted by molar-refractivity contribution is 0.104. The fourth-order valence-corrected chi connectivity index (χ4v) is 4.19. The van der Waals surface area contributed by atoms with Gasteiger partial charge in [0.25, 0.3) is 0 Å². The van der Waals surface area contributed by atoms with Crippen LogP contribution in [0.2, 0.25) is 0 Å². The molecule has 2 nitrogen and oxygen atoms in total. The van der Waals surface area contributed by atoms with Crippen molar-refractivity contribution in [3.63, 3.8) is 0 Å². The van der Waals surface area contributed by atoms with Crippen LogP contribution in [0.25, 0.3) is 33.3 Å². The zero-order valence-electron chi connectivity index (χ0n) is 15.6. The summed E-state index contributed by atoms with van der Waals surface area (Å²) in [6, 6.07) is 20.5. The summed E-state index contributed by atoms with van der Waals surface area (Å²) in [5.41, 5.74) is 9.96. The number of hydrogen-bond donors (Lipinski definition) is 0. The number of nitrogens with zero attached hydrogens (tertiary/aromatic N) is 1. The third kappa shape index (κ3) is 2.41. The Labute approximate surface area is 158 Å². The van der Waals surface area contributed by atoms with Crippen LogP contribution in [0.3, 0.4) is 0 Å². The summed E-state index contributed by atoms with van der Waals surface area (Å²) >= 11 is 0. The van der Waals surface area contributed by atoms with Crippen LogP contribution in [-0.2, 0) is 0 Å². The first-order valence-electron chi connectivity index (χ1n) is 9.19. The SMILES string of the molecule is Cc1cc(C)cc(-c2cc3c4c(cccc4n2)-c2cc(C)ccc2C3=O)c1. The molecule has 1 aromatic heterocycles. The van der Waals surface area contributed by atoms with E-state index >= 15 is 0 Å². The number of ketones is 1. The van der Waals surface area contributed by atoms with E-state index in [0.717, 1.165) is 50.0 Å². The summed E-state index contributed by atoms with van der Waals surface area (Å²) in [5, 5.41) is 0.966. The third-order valence-corrected chi connectivity index (χ3v) is 5.31. The smallest absolute Gasteiger partial charge is 0.194 e. The van der Waals surface area contributed by atoms with Crippen molar-refractivity contribution < 1.29 is 4.79 Å². The van der Waals surface area contributed by atoms with Gasteiger partial charge in [0.1, 0.15) is 0 Å². The maximum atomic E-state index is 13.3. The number of carbonyl (C=O) groups excluding carboxylic acids is 1. The first-order valence-corrected chi connectivity index (χ1v) is 9.19. The van der Waals surface area contributed by atoms with E-state index in [0.29, 0.717) is 0 Å². The normalized spacial score (nSPS) is 12.3. The van der Waals surface area contributed by atoms with Gasteiger partial charge in [-0.05, 0) is 56.2 Å². The van der Waals surface area contributed by atoms with Gasteiger partial charge in [-0.15, -0.1) is 0 Å². The van der Waals surface area contributed by atoms with Crippen molar-refractivity contribution in [2.45, 2.75) is 20.8 Å². The molecule has 0 atom stereocenters. The minimum atomic E-state index is 0.0849. The van der Waals surface area contributed by atoms with E-state index in [1.807, 2.05) is 30.3 Å². The second-order valence-electron chi connectivity index (χ2n) is 7.51. The molecule has 0 N–H and O–H groups in total. The molecule has 0 radical (unpaired) electrons. The Morgan fingerprint density at radius 1 is 0.667 bits per heavy atom. The number of hydrogen-bond acceptors (Lipinski definition) is 2. The van der Waals surface area contributed by atoms with Gasteiger partial charge in [0.15, 0.2) is 5.78 Å². The van der Waals surface area contributed by atoms with Gasteiger partial charge in [-0.25, -0.2) is 4.98 Å². The van der Waals surface area contributed by atoms with Crippen molar-refractivity contribution in [1.29, 1.82) is 0 Å². The van der Waals surface area contributed by atoms with E-state index in [9.17, 15) is 4.79 Å². The summed E-state index contributed by atoms with van der Waals surface area (Å²) in [7, 11) is 0. The molecular formula is C25H19NO. The van der Waals surface area contributed by atoms with Gasteiger partial charge in [0, 0.05) is 22.1 Å². The molecule has 4 aromatic rings. The van der Waals surface area contributed by atoms with Crippen LogP contribution in [0.5, 0.6) is 0 Å². The second kappa shape index (κ2) is 5.62. The van der Waals surface area contributed by atoms with E-state index < -0.39 is 0 Å². The first kappa shape index (κ1) is 16.0. The maximum Gasteiger partial charge on any atom is 0.194 e. The minimum absolute atomic E-state index is 0.0849. The summed E-state index contributed by atoms with van der Waals surface area (Å²) in [4.78, 5) is 18.2. The molecule has 0 saturated heterocycles. The fraction of sp³-hybridized carbons (Fsp3) is 0.120. The zero-order chi connectivity index (χ0) is 18.7. The molecule has 0 unspecified atom stereocenters. The van der Waals surface area contributed by atoms with E-state index in [4.69, 9.17) is 4.98 Å². The van der Waals surface area contributed by atoms with Gasteiger partial charge in [-0.3, -0.25) is 4.79 Å². The third-order valence-electron chi connectivity index (χ3n) is 5.31. The Morgan fingerprint density at radius 3 is 2.22 bits per heavy atom. The largest absolute Gasteiger partial charge is 0.289 e. The topological polar surface area (TPSA) is 30.0 Å². The summed E-state index contributed by atoms with van der Waals surface area (Å²) in [6.45, 7) is 6.23. The lowest BCUT2D eigenvalue weighted by atomic mass is 9.83. The molecule has 1 heterocycles. The van der Waals surface area contributed by atoms with Crippen molar-refractivity contribution >= 4 is 16.7 Å². The van der Waals surface area contributed by atoms with E-state index in [1.54, 1.807) is 0 Å². The van der Waals surface area contributed by atoms with Crippen molar-refractivity contribution in [3.05, 3.63) is 88.5 Å². The summed E-state index contributed by atoms with van der Waals surface area (Å²) < 4.78 is 0. The molecular weight excluding hydrogens is 330 g/mol. The lowest BCUT2D eigenvalue weighted by Gasteiger charge is -2.21. The fourth-order valence-electron chi connectivity index (χ4n) is 4.19. The Bertz CT molecular complexity index is 1250. The minimum Gasteiger partial charge on any atom is -0.289 e. The number of benzene rings is 3. The van der Waals surface area contributed by atoms with Gasteiger partial charge in [0.05, 0.1) is 11.2 Å². The van der Waals surface area contributed by atoms with Crippen LogP contribution in [0.4, 0.5) is 0 Å². The summed E-state index contributed by atoms with van der Waals surface area (Å²) in [5.74, 6) is 0.0849. The van der Waals surface area contributed by atoms with Gasteiger partial charge in [0.2, 0.25) is 0 Å². The van der Waals surface area contributed by atoms with Crippen molar-refractivity contribution in [2.24, 2.45) is 0 Å². The monoisotopic (exact) mass is 349 g/mol. The van der Waals surface area contributed by atoms with E-state index in [-0.39, 0.29) is 5.78 Å². The molecule has 0 aliphatic heterocycles. The number of aromatic nitrogens is 1. The van der Waals surface area contributed by atoms with Crippen LogP contribution >= 0.6 is 0 Å². The first-order chi connectivity index (χ1) is 13.0. The molecule has 0 amide bonds. The van der Waals surface area contributed by atoms with Crippen molar-refractivity contribution in [3.8, 4) is 22.4 Å². The number of rotatable bonds is 1. The molecule has 0 bridgehead atoms. The highest BCUT2D eigenvalue weighted by Crippen LogP contribution is 2.40. The maximum absolute atomic E-state index is 13.3. The van der Waals surface area contributed by atoms with Crippen molar-refractivity contribution in [2.75, 3.05) is 0 Å². The Kier molecular flexibility index (Phi) is 3.32. The molecule has 0 fully saturated rings. The second-order valence-corrected chi connectivity index (χ2v) is 7.51. The number of aryl methyl sites for hydroxylation is 3. The standard InChI is InChI=1S/C25H19NO/c1-14-7-8-19-20(12-14)18-5-4-6-22-24(18)21(25(19)27)13-23(26-22)17-10-15(2)9-16(3)11-17/h4-13H,1-3H3. The van der Waals surface area contributed by atoms with Crippen LogP contribution in [-0.4, -0.2) is 10.8 Å². The van der Waals surface area contributed by atoms with Crippen LogP contribution in [0, 0.1) is 20.8 Å². The van der Waals surface area contributed by atoms with E-state index in [1.165, 1.54) is 11.1 Å². The molecule has 5 rings (SSSR count). The molecule has 1 aliphatic rings. The van der Waals surface area contributed by atoms with Gasteiger partial charge >= 0.3 is 0 Å². The quantitative estimate of drug-likeness (QED) is 0.369. The van der Waals surface area contributed by atoms with E-state index in [2.05, 4.69) is 51.1 Å². The van der Waals surface area contributed by atoms with Gasteiger partial charge in [-0.2, -0.15) is 0 Å². The predicted octanol–water partition coefficient (Wildman–Crippen LogP) is 6.04. The zero-order valence-corrected chi connectivity index (χ0v) is 15.6. The molecule has 1 aliphatic carbocycles. The predicted molar refractivity (Wildman–Crippen MR) is 110 cm³/mol. The van der Waals surface area contributed by atoms with Crippen LogP contribution in [0.1, 0.15) is 32.6 Å². The molecule has 130 valence electrons. The highest BCUT2D eigenvalue weighted by Gasteiger charge is 2.26. The van der Waals surface area contributed by atoms with Gasteiger partial charge in [-0.1, -0.05) is 53.1 Å². The van der Waals surface area contributed by atoms with Crippen LogP contribution in [0.15, 0.2) is 60.7 Å². The lowest BCUT2D eigenvalue weighted by Crippen LogP contribution is -2.11. The molecule has 0 saturated carbocycles. The highest BCUT2D eigenvalue weighted by atomic mass is 16.1. The van der Waals surface area contributed by atoms with Crippen LogP contribution < -0.4 is 0 Å². The molecule has 3 aromatic carbocycles. The number of fused-ring (bicyclic) bond motifs is 2. The Hall–Kier alpha value is -3.26. The number of pyridine rings is 1. The average Bonchev–Trinajstić information content (AvgIpc) is 2.64. The van der Waals surface area contributed by atoms with Crippen molar-refractivity contribution in [1.82, 2.24) is 4.98 Å². The number of carbonyl (C=O) groups is 1. The van der Waals surface area contributed by atoms with Gasteiger partial charge < -0.3 is 0 Å². The summed E-state index contributed by atoms with van der Waals surface area (Å²) in [6.07, 6.45) is 0.